The van der Waals surface area contributed by atoms with E-state index in [-0.39, 0.29) is 16.7 Å². The summed E-state index contributed by atoms with van der Waals surface area (Å²) in [5.41, 5.74) is 5.38. The van der Waals surface area contributed by atoms with Crippen molar-refractivity contribution in [2.45, 2.75) is 24.2 Å². The lowest BCUT2D eigenvalue weighted by atomic mass is 9.97. The van der Waals surface area contributed by atoms with Gasteiger partial charge in [-0.1, -0.05) is 0 Å². The van der Waals surface area contributed by atoms with Gasteiger partial charge in [0.1, 0.15) is 4.90 Å². The molecule has 1 atom stereocenters. The molecule has 8 nitrogen and oxygen atoms in total. The smallest absolute Gasteiger partial charge is 0.241 e. The molecule has 1 unspecified atom stereocenters. The van der Waals surface area contributed by atoms with Gasteiger partial charge >= 0.3 is 0 Å². The van der Waals surface area contributed by atoms with E-state index in [9.17, 15) is 13.2 Å². The van der Waals surface area contributed by atoms with Crippen molar-refractivity contribution < 1.29 is 22.7 Å². The maximum atomic E-state index is 12.6. The van der Waals surface area contributed by atoms with Gasteiger partial charge in [0.05, 0.1) is 20.1 Å². The quantitative estimate of drug-likeness (QED) is 0.534. The molecule has 1 heterocycles. The highest BCUT2D eigenvalue weighted by molar-refractivity contribution is 9.10. The summed E-state index contributed by atoms with van der Waals surface area (Å²) in [5, 5.41) is 0. The van der Waals surface area contributed by atoms with Crippen LogP contribution in [0.4, 0.5) is 0 Å². The Bertz CT molecular complexity index is 772. The van der Waals surface area contributed by atoms with Crippen molar-refractivity contribution in [1.29, 1.82) is 0 Å². The Morgan fingerprint density at radius 3 is 2.63 bits per heavy atom. The highest BCUT2D eigenvalue weighted by Gasteiger charge is 2.24. The second-order valence-corrected chi connectivity index (χ2v) is 9.02. The van der Waals surface area contributed by atoms with Gasteiger partial charge in [-0.15, -0.1) is 0 Å². The van der Waals surface area contributed by atoms with Crippen LogP contribution in [0.3, 0.4) is 0 Å². The van der Waals surface area contributed by atoms with Crippen molar-refractivity contribution in [2.75, 3.05) is 40.4 Å². The average molecular weight is 464 g/mol. The summed E-state index contributed by atoms with van der Waals surface area (Å²) >= 11 is 3.27. The van der Waals surface area contributed by atoms with Gasteiger partial charge < -0.3 is 20.1 Å². The molecule has 1 amide bonds. The van der Waals surface area contributed by atoms with Crippen molar-refractivity contribution in [3.05, 3.63) is 16.6 Å². The van der Waals surface area contributed by atoms with Crippen molar-refractivity contribution in [3.8, 4) is 11.5 Å². The fourth-order valence-corrected chi connectivity index (χ4v) is 5.23. The molecule has 1 aliphatic rings. The van der Waals surface area contributed by atoms with Crippen LogP contribution in [0.5, 0.6) is 11.5 Å². The maximum absolute atomic E-state index is 12.6. The van der Waals surface area contributed by atoms with Gasteiger partial charge in [-0.2, -0.15) is 0 Å². The van der Waals surface area contributed by atoms with E-state index in [1.165, 1.54) is 20.3 Å². The van der Waals surface area contributed by atoms with Crippen molar-refractivity contribution in [2.24, 2.45) is 11.7 Å². The van der Waals surface area contributed by atoms with Gasteiger partial charge in [0.25, 0.3) is 0 Å². The van der Waals surface area contributed by atoms with E-state index in [4.69, 9.17) is 15.2 Å². The number of rotatable bonds is 9. The van der Waals surface area contributed by atoms with Crippen LogP contribution in [-0.2, 0) is 14.8 Å². The first-order chi connectivity index (χ1) is 12.8. The number of sulfonamides is 1. The molecule has 0 saturated carbocycles. The molecule has 1 aromatic rings. The van der Waals surface area contributed by atoms with Crippen LogP contribution in [0.2, 0.25) is 0 Å². The van der Waals surface area contributed by atoms with Gasteiger partial charge in [-0.3, -0.25) is 4.79 Å². The van der Waals surface area contributed by atoms with Crippen molar-refractivity contribution in [3.63, 3.8) is 0 Å². The Labute approximate surface area is 168 Å². The van der Waals surface area contributed by atoms with Gasteiger partial charge in [0.15, 0.2) is 11.5 Å². The van der Waals surface area contributed by atoms with Gasteiger partial charge in [-0.25, -0.2) is 13.1 Å². The van der Waals surface area contributed by atoms with E-state index in [0.717, 1.165) is 19.4 Å². The molecule has 0 radical (unpaired) electrons. The van der Waals surface area contributed by atoms with Gasteiger partial charge in [0, 0.05) is 23.6 Å². The number of nitrogens with zero attached hydrogens (tertiary/aromatic N) is 1. The first-order valence-electron chi connectivity index (χ1n) is 8.71. The lowest BCUT2D eigenvalue weighted by molar-refractivity contribution is -0.123. The topological polar surface area (TPSA) is 111 Å². The lowest BCUT2D eigenvalue weighted by Crippen LogP contribution is -2.42. The standard InChI is InChI=1S/C17H26BrN3O5S/c1-25-14-9-13(18)16(10-15(14)26-2)27(23,24)20-6-4-8-21-7-3-5-12(11-21)17(19)22/h9-10,12,20H,3-8,11H2,1-2H3,(H2,19,22). The number of piperidine rings is 1. The molecule has 3 N–H and O–H groups in total. The minimum Gasteiger partial charge on any atom is -0.493 e. The van der Waals surface area contributed by atoms with Crippen LogP contribution in [0.15, 0.2) is 21.5 Å². The molecule has 1 aliphatic heterocycles. The van der Waals surface area contributed by atoms with E-state index in [0.29, 0.717) is 42.0 Å². The zero-order valence-electron chi connectivity index (χ0n) is 15.5. The van der Waals surface area contributed by atoms with E-state index >= 15 is 0 Å². The highest BCUT2D eigenvalue weighted by Crippen LogP contribution is 2.35. The van der Waals surface area contributed by atoms with Crippen LogP contribution < -0.4 is 19.9 Å². The molecule has 0 aromatic heterocycles. The molecule has 1 fully saturated rings. The summed E-state index contributed by atoms with van der Waals surface area (Å²) in [5.74, 6) is 0.404. The Hall–Kier alpha value is -1.36. The largest absolute Gasteiger partial charge is 0.493 e. The Morgan fingerprint density at radius 1 is 1.33 bits per heavy atom. The van der Waals surface area contributed by atoms with Crippen LogP contribution in [0, 0.1) is 5.92 Å². The fourth-order valence-electron chi connectivity index (χ4n) is 3.12. The summed E-state index contributed by atoms with van der Waals surface area (Å²) in [4.78, 5) is 13.6. The minimum absolute atomic E-state index is 0.0897. The molecular weight excluding hydrogens is 438 g/mol. The third-order valence-electron chi connectivity index (χ3n) is 4.58. The summed E-state index contributed by atoms with van der Waals surface area (Å²) in [6, 6.07) is 2.98. The summed E-state index contributed by atoms with van der Waals surface area (Å²) in [6.07, 6.45) is 2.39. The zero-order chi connectivity index (χ0) is 20.0. The number of carbonyl (C=O) groups excluding carboxylic acids is 1. The Balaban J connectivity index is 1.92. The number of methoxy groups -OCH3 is 2. The normalized spacial score (nSPS) is 18.3. The number of carbonyl (C=O) groups is 1. The number of likely N-dealkylation sites (tertiary alicyclic amines) is 1. The maximum Gasteiger partial charge on any atom is 0.241 e. The SMILES string of the molecule is COc1cc(Br)c(S(=O)(=O)NCCCN2CCCC(C(N)=O)C2)cc1OC. The molecule has 27 heavy (non-hydrogen) atoms. The van der Waals surface area contributed by atoms with E-state index in [1.54, 1.807) is 6.07 Å². The molecule has 152 valence electrons. The molecule has 0 spiro atoms. The van der Waals surface area contributed by atoms with Crippen LogP contribution in [-0.4, -0.2) is 59.6 Å². The fraction of sp³-hybridized carbons (Fsp3) is 0.588. The second kappa shape index (κ2) is 9.72. The number of nitrogens with one attached hydrogen (secondary N) is 1. The van der Waals surface area contributed by atoms with E-state index < -0.39 is 10.0 Å². The number of nitrogens with two attached hydrogens (primary N) is 1. The third-order valence-corrected chi connectivity index (χ3v) is 7.00. The Morgan fingerprint density at radius 2 is 2.00 bits per heavy atom. The average Bonchev–Trinajstić information content (AvgIpc) is 2.65. The van der Waals surface area contributed by atoms with E-state index in [2.05, 4.69) is 25.6 Å². The predicted molar refractivity (Wildman–Crippen MR) is 105 cm³/mol. The lowest BCUT2D eigenvalue weighted by Gasteiger charge is -2.31. The summed E-state index contributed by atoms with van der Waals surface area (Å²) < 4.78 is 38.6. The number of benzene rings is 1. The Kier molecular flexibility index (Phi) is 7.90. The second-order valence-electron chi connectivity index (χ2n) is 6.43. The highest BCUT2D eigenvalue weighted by atomic mass is 79.9. The molecule has 1 saturated heterocycles. The van der Waals surface area contributed by atoms with Crippen molar-refractivity contribution >= 4 is 31.9 Å². The third kappa shape index (κ3) is 5.81. The van der Waals surface area contributed by atoms with Crippen molar-refractivity contribution in [1.82, 2.24) is 9.62 Å². The van der Waals surface area contributed by atoms with E-state index in [1.807, 2.05) is 0 Å². The van der Waals surface area contributed by atoms with Crippen LogP contribution in [0.25, 0.3) is 0 Å². The molecule has 0 bridgehead atoms. The minimum atomic E-state index is -3.70. The number of hydrogen-bond donors (Lipinski definition) is 2. The number of hydrogen-bond acceptors (Lipinski definition) is 6. The summed E-state index contributed by atoms with van der Waals surface area (Å²) in [7, 11) is -0.763. The predicted octanol–water partition coefficient (Wildman–Crippen LogP) is 1.33. The van der Waals surface area contributed by atoms with Crippen LogP contribution >= 0.6 is 15.9 Å². The molecule has 2 rings (SSSR count). The number of amides is 1. The van der Waals surface area contributed by atoms with Gasteiger partial charge in [0.2, 0.25) is 15.9 Å². The first-order valence-corrected chi connectivity index (χ1v) is 11.0. The monoisotopic (exact) mass is 463 g/mol. The number of halogens is 1. The van der Waals surface area contributed by atoms with Gasteiger partial charge in [-0.05, 0) is 54.3 Å². The number of primary amides is 1. The van der Waals surface area contributed by atoms with Crippen LogP contribution in [0.1, 0.15) is 19.3 Å². The first kappa shape index (κ1) is 21.9. The number of ether oxygens (including phenoxy) is 2. The molecule has 0 aliphatic carbocycles. The summed E-state index contributed by atoms with van der Waals surface area (Å²) in [6.45, 7) is 2.54. The molecule has 10 heteroatoms. The molecule has 1 aromatic carbocycles. The zero-order valence-corrected chi connectivity index (χ0v) is 17.9. The molecular formula is C17H26BrN3O5S.